The van der Waals surface area contributed by atoms with Gasteiger partial charge in [-0.15, -0.1) is 0 Å². The van der Waals surface area contributed by atoms with Gasteiger partial charge in [-0.2, -0.15) is 0 Å². The maximum absolute atomic E-state index is 11.0. The second-order valence-corrected chi connectivity index (χ2v) is 3.08. The van der Waals surface area contributed by atoms with Gasteiger partial charge in [0, 0.05) is 6.08 Å². The van der Waals surface area contributed by atoms with Crippen molar-refractivity contribution in [3.8, 4) is 0 Å². The summed E-state index contributed by atoms with van der Waals surface area (Å²) in [5, 5.41) is 0. The predicted molar refractivity (Wildman–Crippen MR) is 59.1 cm³/mol. The molecular weight excluding hydrogens is 176 g/mol. The van der Waals surface area contributed by atoms with Crippen LogP contribution in [0.25, 0.3) is 0 Å². The minimum Gasteiger partial charge on any atom is -0.458 e. The van der Waals surface area contributed by atoms with Crippen molar-refractivity contribution < 1.29 is 9.53 Å². The number of carbonyl (C=O) groups is 1. The number of esters is 1. The molecule has 0 fully saturated rings. The zero-order valence-electron chi connectivity index (χ0n) is 9.16. The number of unbranched alkanes of at least 4 members (excludes halogenated alkanes) is 2. The van der Waals surface area contributed by atoms with Crippen molar-refractivity contribution in [2.75, 3.05) is 6.61 Å². The molecule has 0 rings (SSSR count). The molecule has 0 aliphatic heterocycles. The largest absolute Gasteiger partial charge is 0.458 e. The molecule has 0 amide bonds. The lowest BCUT2D eigenvalue weighted by molar-refractivity contribution is -0.136. The molecule has 0 radical (unpaired) electrons. The van der Waals surface area contributed by atoms with E-state index in [-0.39, 0.29) is 5.97 Å². The Hall–Kier alpha value is -1.05. The van der Waals surface area contributed by atoms with Gasteiger partial charge in [0.25, 0.3) is 0 Å². The van der Waals surface area contributed by atoms with Crippen LogP contribution in [0.3, 0.4) is 0 Å². The van der Waals surface area contributed by atoms with Crippen LogP contribution >= 0.6 is 0 Å². The van der Waals surface area contributed by atoms with Crippen LogP contribution in [0.1, 0.15) is 39.5 Å². The summed E-state index contributed by atoms with van der Waals surface area (Å²) in [5.74, 6) is -0.250. The van der Waals surface area contributed by atoms with Crippen LogP contribution in [0.5, 0.6) is 0 Å². The summed E-state index contributed by atoms with van der Waals surface area (Å²) < 4.78 is 4.92. The summed E-state index contributed by atoms with van der Waals surface area (Å²) in [5.41, 5.74) is 0. The molecule has 0 aliphatic carbocycles. The Morgan fingerprint density at radius 1 is 1.07 bits per heavy atom. The highest BCUT2D eigenvalue weighted by atomic mass is 16.5. The standard InChI is InChI=1S/C12H20O2/c1-3-5-7-9-11-14-12(13)10-8-6-4-2/h7-10H,3-6,11H2,1-2H3/b9-7-,10-8+. The minimum atomic E-state index is -0.250. The topological polar surface area (TPSA) is 26.3 Å². The van der Waals surface area contributed by atoms with Crippen LogP contribution < -0.4 is 0 Å². The highest BCUT2D eigenvalue weighted by molar-refractivity contribution is 5.81. The molecule has 2 nitrogen and oxygen atoms in total. The number of hydrogen-bond donors (Lipinski definition) is 0. The minimum absolute atomic E-state index is 0.250. The van der Waals surface area contributed by atoms with E-state index in [1.807, 2.05) is 18.2 Å². The third-order valence-electron chi connectivity index (χ3n) is 1.65. The van der Waals surface area contributed by atoms with Crippen LogP contribution in [0, 0.1) is 0 Å². The molecule has 0 aromatic carbocycles. The average Bonchev–Trinajstić information content (AvgIpc) is 2.18. The van der Waals surface area contributed by atoms with E-state index in [1.165, 1.54) is 6.08 Å². The van der Waals surface area contributed by atoms with Gasteiger partial charge >= 0.3 is 5.97 Å². The van der Waals surface area contributed by atoms with E-state index < -0.39 is 0 Å². The summed E-state index contributed by atoms with van der Waals surface area (Å²) in [4.78, 5) is 11.0. The molecule has 0 atom stereocenters. The second-order valence-electron chi connectivity index (χ2n) is 3.08. The third kappa shape index (κ3) is 9.04. The molecule has 80 valence electrons. The van der Waals surface area contributed by atoms with Crippen molar-refractivity contribution >= 4 is 5.97 Å². The molecule has 2 heteroatoms. The Morgan fingerprint density at radius 3 is 2.36 bits per heavy atom. The van der Waals surface area contributed by atoms with Crippen molar-refractivity contribution in [2.45, 2.75) is 39.5 Å². The maximum atomic E-state index is 11.0. The number of allylic oxidation sites excluding steroid dienone is 2. The van der Waals surface area contributed by atoms with E-state index in [0.717, 1.165) is 25.7 Å². The van der Waals surface area contributed by atoms with Gasteiger partial charge in [-0.1, -0.05) is 44.9 Å². The quantitative estimate of drug-likeness (QED) is 0.355. The van der Waals surface area contributed by atoms with E-state index in [4.69, 9.17) is 4.74 Å². The Morgan fingerprint density at radius 2 is 1.71 bits per heavy atom. The fourth-order valence-electron chi connectivity index (χ4n) is 0.877. The summed E-state index contributed by atoms with van der Waals surface area (Å²) in [6.07, 6.45) is 11.4. The monoisotopic (exact) mass is 196 g/mol. The molecule has 0 saturated heterocycles. The first-order valence-corrected chi connectivity index (χ1v) is 5.29. The van der Waals surface area contributed by atoms with Gasteiger partial charge in [0.1, 0.15) is 6.61 Å². The summed E-state index contributed by atoms with van der Waals surface area (Å²) in [7, 11) is 0. The molecule has 0 heterocycles. The summed E-state index contributed by atoms with van der Waals surface area (Å²) in [6.45, 7) is 4.57. The molecule has 0 aromatic rings. The molecule has 0 bridgehead atoms. The summed E-state index contributed by atoms with van der Waals surface area (Å²) >= 11 is 0. The lowest BCUT2D eigenvalue weighted by Gasteiger charge is -1.95. The molecule has 14 heavy (non-hydrogen) atoms. The molecule has 0 unspecified atom stereocenters. The first-order chi connectivity index (χ1) is 6.81. The van der Waals surface area contributed by atoms with E-state index in [1.54, 1.807) is 0 Å². The van der Waals surface area contributed by atoms with Crippen LogP contribution in [-0.2, 0) is 9.53 Å². The van der Waals surface area contributed by atoms with Gasteiger partial charge < -0.3 is 4.74 Å². The van der Waals surface area contributed by atoms with Crippen molar-refractivity contribution in [1.29, 1.82) is 0 Å². The van der Waals surface area contributed by atoms with Gasteiger partial charge in [-0.05, 0) is 12.8 Å². The lowest BCUT2D eigenvalue weighted by atomic mass is 10.3. The van der Waals surface area contributed by atoms with E-state index in [9.17, 15) is 4.79 Å². The second kappa shape index (κ2) is 10.0. The van der Waals surface area contributed by atoms with E-state index in [2.05, 4.69) is 13.8 Å². The smallest absolute Gasteiger partial charge is 0.330 e. The third-order valence-corrected chi connectivity index (χ3v) is 1.65. The molecular formula is C12H20O2. The van der Waals surface area contributed by atoms with Crippen molar-refractivity contribution in [3.63, 3.8) is 0 Å². The fourth-order valence-corrected chi connectivity index (χ4v) is 0.877. The van der Waals surface area contributed by atoms with E-state index >= 15 is 0 Å². The molecule has 0 N–H and O–H groups in total. The van der Waals surface area contributed by atoms with Crippen LogP contribution in [0.4, 0.5) is 0 Å². The number of carbonyl (C=O) groups excluding carboxylic acids is 1. The van der Waals surface area contributed by atoms with Gasteiger partial charge in [0.05, 0.1) is 0 Å². The predicted octanol–water partition coefficient (Wildman–Crippen LogP) is 3.24. The van der Waals surface area contributed by atoms with Crippen LogP contribution in [0.2, 0.25) is 0 Å². The Balaban J connectivity index is 3.44. The van der Waals surface area contributed by atoms with Crippen LogP contribution in [0.15, 0.2) is 24.3 Å². The normalized spacial score (nSPS) is 11.3. The Bertz CT molecular complexity index is 192. The van der Waals surface area contributed by atoms with E-state index in [0.29, 0.717) is 6.61 Å². The SMILES string of the molecule is CCC/C=C\COC(=O)/C=C/CCC. The highest BCUT2D eigenvalue weighted by Gasteiger charge is 1.92. The van der Waals surface area contributed by atoms with Crippen LogP contribution in [-0.4, -0.2) is 12.6 Å². The number of hydrogen-bond acceptors (Lipinski definition) is 2. The van der Waals surface area contributed by atoms with Crippen molar-refractivity contribution in [2.24, 2.45) is 0 Å². The van der Waals surface area contributed by atoms with Crippen molar-refractivity contribution in [3.05, 3.63) is 24.3 Å². The van der Waals surface area contributed by atoms with Gasteiger partial charge in [-0.3, -0.25) is 0 Å². The average molecular weight is 196 g/mol. The number of rotatable bonds is 7. The zero-order chi connectivity index (χ0) is 10.6. The van der Waals surface area contributed by atoms with Crippen molar-refractivity contribution in [1.82, 2.24) is 0 Å². The van der Waals surface area contributed by atoms with Gasteiger partial charge in [0.2, 0.25) is 0 Å². The Kier molecular flexibility index (Phi) is 9.28. The molecule has 0 aromatic heterocycles. The summed E-state index contributed by atoms with van der Waals surface area (Å²) in [6, 6.07) is 0. The zero-order valence-corrected chi connectivity index (χ0v) is 9.16. The van der Waals surface area contributed by atoms with Gasteiger partial charge in [0.15, 0.2) is 0 Å². The molecule has 0 saturated carbocycles. The Labute approximate surface area is 86.6 Å². The molecule has 0 spiro atoms. The number of ether oxygens (including phenoxy) is 1. The highest BCUT2D eigenvalue weighted by Crippen LogP contribution is 1.91. The maximum Gasteiger partial charge on any atom is 0.330 e. The van der Waals surface area contributed by atoms with Gasteiger partial charge in [-0.25, -0.2) is 4.79 Å². The first-order valence-electron chi connectivity index (χ1n) is 5.29. The fraction of sp³-hybridized carbons (Fsp3) is 0.583. The first kappa shape index (κ1) is 12.9. The molecule has 0 aliphatic rings. The lowest BCUT2D eigenvalue weighted by Crippen LogP contribution is -1.99.